The minimum atomic E-state index is -0.103. The highest BCUT2D eigenvalue weighted by atomic mass is 32.2. The van der Waals surface area contributed by atoms with Crippen molar-refractivity contribution in [2.24, 2.45) is 20.0 Å². The van der Waals surface area contributed by atoms with Crippen LogP contribution >= 0.6 is 11.8 Å². The van der Waals surface area contributed by atoms with Crippen LogP contribution in [0.5, 0.6) is 0 Å². The second kappa shape index (κ2) is 4.58. The summed E-state index contributed by atoms with van der Waals surface area (Å²) in [6.07, 6.45) is 4.87. The molecule has 1 atom stereocenters. The highest BCUT2D eigenvalue weighted by molar-refractivity contribution is 8.13. The molecule has 0 fully saturated rings. The fourth-order valence-electron chi connectivity index (χ4n) is 1.54. The molecule has 0 spiro atoms. The summed E-state index contributed by atoms with van der Waals surface area (Å²) in [6.45, 7) is 0. The van der Waals surface area contributed by atoms with E-state index in [-0.39, 0.29) is 6.04 Å². The van der Waals surface area contributed by atoms with Crippen molar-refractivity contribution in [3.63, 3.8) is 0 Å². The van der Waals surface area contributed by atoms with Crippen molar-refractivity contribution in [1.29, 1.82) is 0 Å². The first-order valence-corrected chi connectivity index (χ1v) is 6.14. The van der Waals surface area contributed by atoms with E-state index in [1.165, 1.54) is 6.34 Å². The number of rotatable bonds is 2. The number of fused-ring (bicyclic) bond motifs is 1. The molecule has 0 aromatic carbocycles. The summed E-state index contributed by atoms with van der Waals surface area (Å²) in [5.41, 5.74) is 1.03. The lowest BCUT2D eigenvalue weighted by Crippen LogP contribution is -2.25. The van der Waals surface area contributed by atoms with Crippen LogP contribution in [-0.2, 0) is 5.75 Å². The summed E-state index contributed by atoms with van der Waals surface area (Å²) >= 11 is 1.63. The van der Waals surface area contributed by atoms with E-state index < -0.39 is 0 Å². The fraction of sp³-hybridized carbons (Fsp3) is 0.182. The van der Waals surface area contributed by atoms with Gasteiger partial charge in [0.05, 0.1) is 5.69 Å². The predicted octanol–water partition coefficient (Wildman–Crippen LogP) is 1.56. The van der Waals surface area contributed by atoms with Gasteiger partial charge in [-0.15, -0.1) is 11.8 Å². The summed E-state index contributed by atoms with van der Waals surface area (Å²) < 4.78 is 0. The van der Waals surface area contributed by atoms with Gasteiger partial charge in [-0.05, 0) is 12.1 Å². The maximum absolute atomic E-state index is 4.27. The maximum atomic E-state index is 4.27. The van der Waals surface area contributed by atoms with Gasteiger partial charge in [-0.1, -0.05) is 6.07 Å². The van der Waals surface area contributed by atoms with E-state index in [9.17, 15) is 0 Å². The van der Waals surface area contributed by atoms with Gasteiger partial charge in [-0.25, -0.2) is 15.0 Å². The highest BCUT2D eigenvalue weighted by Crippen LogP contribution is 2.20. The lowest BCUT2D eigenvalue weighted by atomic mass is 10.3. The molecule has 1 aromatic heterocycles. The van der Waals surface area contributed by atoms with Crippen LogP contribution in [0.25, 0.3) is 0 Å². The van der Waals surface area contributed by atoms with Crippen LogP contribution in [-0.4, -0.2) is 34.6 Å². The number of thioether (sulfide) groups is 1. The van der Waals surface area contributed by atoms with Gasteiger partial charge in [0.25, 0.3) is 0 Å². The number of hydrogen-bond donors (Lipinski definition) is 0. The summed E-state index contributed by atoms with van der Waals surface area (Å²) in [6, 6.07) is 5.78. The van der Waals surface area contributed by atoms with Crippen LogP contribution in [0.1, 0.15) is 5.69 Å². The molecule has 3 heterocycles. The Morgan fingerprint density at radius 2 is 2.18 bits per heavy atom. The molecule has 84 valence electrons. The third-order valence-corrected chi connectivity index (χ3v) is 3.42. The molecule has 6 heteroatoms. The van der Waals surface area contributed by atoms with Gasteiger partial charge in [-0.2, -0.15) is 0 Å². The molecule has 0 saturated carbocycles. The molecule has 0 aliphatic carbocycles. The Labute approximate surface area is 103 Å². The number of amidine groups is 1. The number of aliphatic imine (C=N–C) groups is 4. The Bertz CT molecular complexity index is 532. The van der Waals surface area contributed by atoms with Crippen LogP contribution < -0.4 is 0 Å². The smallest absolute Gasteiger partial charge is 0.163 e. The molecule has 0 radical (unpaired) electrons. The Morgan fingerprint density at radius 1 is 1.18 bits per heavy atom. The van der Waals surface area contributed by atoms with Crippen molar-refractivity contribution < 1.29 is 0 Å². The van der Waals surface area contributed by atoms with Gasteiger partial charge < -0.3 is 0 Å². The first kappa shape index (κ1) is 10.3. The summed E-state index contributed by atoms with van der Waals surface area (Å²) in [5.74, 6) is 1.51. The van der Waals surface area contributed by atoms with E-state index in [0.717, 1.165) is 22.3 Å². The van der Waals surface area contributed by atoms with Gasteiger partial charge in [0, 0.05) is 11.9 Å². The summed E-state index contributed by atoms with van der Waals surface area (Å²) in [7, 11) is 0. The number of nitrogens with zero attached hydrogens (tertiary/aromatic N) is 5. The van der Waals surface area contributed by atoms with Crippen LogP contribution in [0.4, 0.5) is 0 Å². The monoisotopic (exact) mass is 243 g/mol. The van der Waals surface area contributed by atoms with Gasteiger partial charge in [-0.3, -0.25) is 9.98 Å². The van der Waals surface area contributed by atoms with Crippen molar-refractivity contribution in [2.45, 2.75) is 11.8 Å². The Morgan fingerprint density at radius 3 is 3.06 bits per heavy atom. The number of pyridine rings is 1. The van der Waals surface area contributed by atoms with Crippen molar-refractivity contribution in [2.75, 3.05) is 0 Å². The molecule has 0 saturated heterocycles. The fourth-order valence-corrected chi connectivity index (χ4v) is 2.45. The van der Waals surface area contributed by atoms with E-state index in [0.29, 0.717) is 0 Å². The average Bonchev–Trinajstić information content (AvgIpc) is 2.86. The summed E-state index contributed by atoms with van der Waals surface area (Å²) in [4.78, 5) is 20.9. The molecule has 3 rings (SSSR count). The van der Waals surface area contributed by atoms with E-state index in [1.807, 2.05) is 18.2 Å². The minimum Gasteiger partial charge on any atom is -0.260 e. The van der Waals surface area contributed by atoms with Crippen molar-refractivity contribution >= 4 is 35.3 Å². The first-order chi connectivity index (χ1) is 8.43. The Kier molecular flexibility index (Phi) is 2.79. The molecule has 5 nitrogen and oxygen atoms in total. The molecule has 1 unspecified atom stereocenters. The highest BCUT2D eigenvalue weighted by Gasteiger charge is 2.26. The van der Waals surface area contributed by atoms with E-state index in [1.54, 1.807) is 24.3 Å². The SMILES string of the molecule is C1=NC2=NC=NC2C(SCc2ccccn2)=N1. The quantitative estimate of drug-likeness (QED) is 0.791. The van der Waals surface area contributed by atoms with E-state index in [4.69, 9.17) is 0 Å². The van der Waals surface area contributed by atoms with Gasteiger partial charge in [0.15, 0.2) is 11.9 Å². The number of aromatic nitrogens is 1. The van der Waals surface area contributed by atoms with Crippen LogP contribution in [0, 0.1) is 0 Å². The molecule has 0 N–H and O–H groups in total. The zero-order valence-electron chi connectivity index (χ0n) is 8.89. The normalized spacial score (nSPS) is 21.1. The first-order valence-electron chi connectivity index (χ1n) is 5.16. The van der Waals surface area contributed by atoms with Crippen LogP contribution in [0.2, 0.25) is 0 Å². The predicted molar refractivity (Wildman–Crippen MR) is 71.2 cm³/mol. The molecule has 0 amide bonds. The van der Waals surface area contributed by atoms with E-state index in [2.05, 4.69) is 25.0 Å². The molecule has 0 bridgehead atoms. The Hall–Kier alpha value is -1.82. The molecule has 17 heavy (non-hydrogen) atoms. The van der Waals surface area contributed by atoms with Crippen molar-refractivity contribution in [3.05, 3.63) is 30.1 Å². The zero-order chi connectivity index (χ0) is 11.5. The van der Waals surface area contributed by atoms with Gasteiger partial charge in [0.2, 0.25) is 0 Å². The third-order valence-electron chi connectivity index (χ3n) is 2.35. The van der Waals surface area contributed by atoms with Crippen LogP contribution in [0.3, 0.4) is 0 Å². The topological polar surface area (TPSA) is 62.3 Å². The van der Waals surface area contributed by atoms with Crippen molar-refractivity contribution in [1.82, 2.24) is 4.98 Å². The molecule has 2 aliphatic rings. The molecule has 2 aliphatic heterocycles. The molecular weight excluding hydrogens is 234 g/mol. The molecular formula is C11H9N5S. The van der Waals surface area contributed by atoms with Crippen molar-refractivity contribution in [3.8, 4) is 0 Å². The zero-order valence-corrected chi connectivity index (χ0v) is 9.71. The molecule has 1 aromatic rings. The lowest BCUT2D eigenvalue weighted by Gasteiger charge is -2.12. The van der Waals surface area contributed by atoms with Gasteiger partial charge >= 0.3 is 0 Å². The van der Waals surface area contributed by atoms with E-state index >= 15 is 0 Å². The Balaban J connectivity index is 1.70. The minimum absolute atomic E-state index is 0.103. The largest absolute Gasteiger partial charge is 0.260 e. The van der Waals surface area contributed by atoms with Gasteiger partial charge in [0.1, 0.15) is 17.7 Å². The number of hydrogen-bond acceptors (Lipinski definition) is 6. The maximum Gasteiger partial charge on any atom is 0.163 e. The third kappa shape index (κ3) is 2.16. The second-order valence-corrected chi connectivity index (χ2v) is 4.47. The second-order valence-electron chi connectivity index (χ2n) is 3.48. The standard InChI is InChI=1S/C11H9N5S/c1-2-4-12-8(3-1)5-17-11-9-10(14-6-13-9)15-7-16-11/h1-4,6-7,9H,5H2. The lowest BCUT2D eigenvalue weighted by molar-refractivity contribution is 1.15. The average molecular weight is 243 g/mol. The summed E-state index contributed by atoms with van der Waals surface area (Å²) in [5, 5.41) is 0.929. The van der Waals surface area contributed by atoms with Crippen LogP contribution in [0.15, 0.2) is 44.4 Å².